The Balaban J connectivity index is 0.000000152. The molecule has 8 rings (SSSR count). The molecule has 4 heteroatoms. The molecule has 0 saturated heterocycles. The summed E-state index contributed by atoms with van der Waals surface area (Å²) < 4.78 is 14.7. The Morgan fingerprint density at radius 3 is 1.10 bits per heavy atom. The van der Waals surface area contributed by atoms with Crippen molar-refractivity contribution in [1.82, 2.24) is 0 Å². The standard InChI is InChI=1S/C22H18Br2O.C22H20O/c1-12-4-6-15(7-5-12)22-16-10-18(23)13(2)8-20(16)25-21-9-14(3)19(24)11-17(21)22;1-14-4-8-17(9-5-14)22-18-10-6-15(2)12-20(18)23-21-13-16(3)7-11-19(21)22/h4-11,22H,1-3H3;4-13,22H,1-3H3. The highest BCUT2D eigenvalue weighted by atomic mass is 79.9. The van der Waals surface area contributed by atoms with Gasteiger partial charge < -0.3 is 9.47 Å². The number of rotatable bonds is 2. The van der Waals surface area contributed by atoms with Crippen molar-refractivity contribution in [3.05, 3.63) is 185 Å². The minimum atomic E-state index is 0.160. The van der Waals surface area contributed by atoms with E-state index in [-0.39, 0.29) is 11.8 Å². The zero-order valence-corrected chi connectivity index (χ0v) is 31.3. The highest BCUT2D eigenvalue weighted by Gasteiger charge is 2.31. The monoisotopic (exact) mass is 756 g/mol. The minimum absolute atomic E-state index is 0.160. The van der Waals surface area contributed by atoms with Crippen molar-refractivity contribution in [2.24, 2.45) is 0 Å². The van der Waals surface area contributed by atoms with Crippen molar-refractivity contribution in [2.75, 3.05) is 0 Å². The Morgan fingerprint density at radius 2 is 0.708 bits per heavy atom. The molecule has 0 bridgehead atoms. The van der Waals surface area contributed by atoms with Crippen LogP contribution in [-0.4, -0.2) is 0 Å². The van der Waals surface area contributed by atoms with Crippen LogP contribution in [0.5, 0.6) is 23.0 Å². The van der Waals surface area contributed by atoms with E-state index >= 15 is 0 Å². The van der Waals surface area contributed by atoms with Gasteiger partial charge in [-0.25, -0.2) is 0 Å². The fourth-order valence-electron chi connectivity index (χ4n) is 6.71. The van der Waals surface area contributed by atoms with E-state index in [1.54, 1.807) is 0 Å². The van der Waals surface area contributed by atoms with E-state index in [9.17, 15) is 0 Å². The Kier molecular flexibility index (Phi) is 8.82. The van der Waals surface area contributed by atoms with Crippen LogP contribution < -0.4 is 9.47 Å². The second-order valence-electron chi connectivity index (χ2n) is 13.3. The highest BCUT2D eigenvalue weighted by Crippen LogP contribution is 2.50. The van der Waals surface area contributed by atoms with Gasteiger partial charge in [0, 0.05) is 43.0 Å². The predicted molar refractivity (Wildman–Crippen MR) is 205 cm³/mol. The van der Waals surface area contributed by atoms with Crippen molar-refractivity contribution in [3.8, 4) is 23.0 Å². The second-order valence-corrected chi connectivity index (χ2v) is 15.0. The molecular formula is C44H38Br2O2. The lowest BCUT2D eigenvalue weighted by molar-refractivity contribution is 0.451. The number of aryl methyl sites for hydroxylation is 6. The molecule has 48 heavy (non-hydrogen) atoms. The lowest BCUT2D eigenvalue weighted by Crippen LogP contribution is -2.12. The lowest BCUT2D eigenvalue weighted by atomic mass is 9.82. The number of hydrogen-bond acceptors (Lipinski definition) is 2. The Bertz CT molecular complexity index is 2050. The summed E-state index contributed by atoms with van der Waals surface area (Å²) in [7, 11) is 0. The first-order chi connectivity index (χ1) is 23.0. The molecule has 0 aliphatic carbocycles. The third-order valence-electron chi connectivity index (χ3n) is 9.43. The Labute approximate surface area is 301 Å². The molecule has 0 unspecified atom stereocenters. The maximum Gasteiger partial charge on any atom is 0.131 e. The first kappa shape index (κ1) is 32.4. The van der Waals surface area contributed by atoms with E-state index < -0.39 is 0 Å². The second kappa shape index (κ2) is 13.1. The van der Waals surface area contributed by atoms with Crippen LogP contribution in [0.15, 0.2) is 118 Å². The van der Waals surface area contributed by atoms with Gasteiger partial charge in [0.2, 0.25) is 0 Å². The number of benzene rings is 6. The number of halogens is 2. The van der Waals surface area contributed by atoms with Crippen molar-refractivity contribution in [1.29, 1.82) is 0 Å². The third kappa shape index (κ3) is 6.24. The molecule has 0 radical (unpaired) electrons. The van der Waals surface area contributed by atoms with E-state index in [0.29, 0.717) is 0 Å². The fraction of sp³-hybridized carbons (Fsp3) is 0.182. The fourth-order valence-corrected chi connectivity index (χ4v) is 7.44. The van der Waals surface area contributed by atoms with E-state index in [2.05, 4.69) is 183 Å². The summed E-state index contributed by atoms with van der Waals surface area (Å²) in [5.41, 5.74) is 14.8. The van der Waals surface area contributed by atoms with E-state index in [4.69, 9.17) is 9.47 Å². The van der Waals surface area contributed by atoms with Gasteiger partial charge in [-0.3, -0.25) is 0 Å². The molecule has 2 nitrogen and oxygen atoms in total. The molecule has 2 aliphatic heterocycles. The normalized spacial score (nSPS) is 13.2. The van der Waals surface area contributed by atoms with E-state index in [1.807, 2.05) is 0 Å². The van der Waals surface area contributed by atoms with Crippen LogP contribution in [-0.2, 0) is 0 Å². The number of fused-ring (bicyclic) bond motifs is 4. The molecule has 6 aromatic carbocycles. The average Bonchev–Trinajstić information content (AvgIpc) is 3.05. The summed E-state index contributed by atoms with van der Waals surface area (Å²) in [6.45, 7) is 12.7. The van der Waals surface area contributed by atoms with Crippen LogP contribution in [0.25, 0.3) is 0 Å². The topological polar surface area (TPSA) is 18.5 Å². The summed E-state index contributed by atoms with van der Waals surface area (Å²) in [5.74, 6) is 4.24. The maximum absolute atomic E-state index is 6.28. The van der Waals surface area contributed by atoms with Crippen LogP contribution in [0.3, 0.4) is 0 Å². The van der Waals surface area contributed by atoms with Crippen LogP contribution in [0.1, 0.15) is 78.6 Å². The third-order valence-corrected chi connectivity index (χ3v) is 11.1. The van der Waals surface area contributed by atoms with Crippen molar-refractivity contribution >= 4 is 31.9 Å². The molecule has 0 fully saturated rings. The number of ether oxygens (including phenoxy) is 2. The molecule has 0 N–H and O–H groups in total. The first-order valence-corrected chi connectivity index (χ1v) is 17.9. The zero-order valence-electron chi connectivity index (χ0n) is 28.1. The molecule has 0 spiro atoms. The van der Waals surface area contributed by atoms with Crippen molar-refractivity contribution in [2.45, 2.75) is 53.4 Å². The quantitative estimate of drug-likeness (QED) is 0.175. The van der Waals surface area contributed by atoms with Crippen molar-refractivity contribution < 1.29 is 9.47 Å². The molecule has 2 heterocycles. The lowest BCUT2D eigenvalue weighted by Gasteiger charge is -2.30. The maximum atomic E-state index is 6.28. The van der Waals surface area contributed by atoms with Crippen LogP contribution in [0.4, 0.5) is 0 Å². The minimum Gasteiger partial charge on any atom is -0.457 e. The molecule has 0 amide bonds. The summed E-state index contributed by atoms with van der Waals surface area (Å²) in [5, 5.41) is 0. The van der Waals surface area contributed by atoms with Gasteiger partial charge in [-0.05, 0) is 111 Å². The molecular weight excluding hydrogens is 720 g/mol. The molecule has 0 aromatic heterocycles. The first-order valence-electron chi connectivity index (χ1n) is 16.4. The Hall–Kier alpha value is -4.12. The molecule has 6 aromatic rings. The largest absolute Gasteiger partial charge is 0.457 e. The Morgan fingerprint density at radius 1 is 0.375 bits per heavy atom. The van der Waals surface area contributed by atoms with Gasteiger partial charge in [-0.15, -0.1) is 0 Å². The van der Waals surface area contributed by atoms with Crippen LogP contribution in [0, 0.1) is 41.5 Å². The number of hydrogen-bond donors (Lipinski definition) is 0. The summed E-state index contributed by atoms with van der Waals surface area (Å²) in [6, 6.07) is 39.3. The summed E-state index contributed by atoms with van der Waals surface area (Å²) >= 11 is 7.37. The van der Waals surface area contributed by atoms with Gasteiger partial charge in [-0.2, -0.15) is 0 Å². The van der Waals surface area contributed by atoms with Gasteiger partial charge >= 0.3 is 0 Å². The van der Waals surface area contributed by atoms with Gasteiger partial charge in [0.25, 0.3) is 0 Å². The van der Waals surface area contributed by atoms with Gasteiger partial charge in [0.05, 0.1) is 0 Å². The zero-order chi connectivity index (χ0) is 33.7. The predicted octanol–water partition coefficient (Wildman–Crippen LogP) is 13.3. The summed E-state index contributed by atoms with van der Waals surface area (Å²) in [4.78, 5) is 0. The van der Waals surface area contributed by atoms with Gasteiger partial charge in [0.15, 0.2) is 0 Å². The van der Waals surface area contributed by atoms with Gasteiger partial charge in [0.1, 0.15) is 23.0 Å². The molecule has 0 atom stereocenters. The van der Waals surface area contributed by atoms with E-state index in [1.165, 1.54) is 66.8 Å². The summed E-state index contributed by atoms with van der Waals surface area (Å²) in [6.07, 6.45) is 0. The van der Waals surface area contributed by atoms with Crippen molar-refractivity contribution in [3.63, 3.8) is 0 Å². The van der Waals surface area contributed by atoms with Crippen LogP contribution in [0.2, 0.25) is 0 Å². The molecule has 0 saturated carbocycles. The highest BCUT2D eigenvalue weighted by molar-refractivity contribution is 9.10. The molecule has 240 valence electrons. The van der Waals surface area contributed by atoms with Gasteiger partial charge in [-0.1, -0.05) is 116 Å². The SMILES string of the molecule is Cc1ccc(C2c3cc(Br)c(C)cc3Oc3cc(C)c(Br)cc32)cc1.Cc1ccc(C2c3ccc(C)cc3Oc3cc(C)ccc32)cc1. The van der Waals surface area contributed by atoms with Crippen LogP contribution >= 0.6 is 31.9 Å². The smallest absolute Gasteiger partial charge is 0.131 e. The van der Waals surface area contributed by atoms with E-state index in [0.717, 1.165) is 31.9 Å². The average molecular weight is 759 g/mol. The molecule has 2 aliphatic rings.